The number of aliphatic hydroxyl groups is 1. The number of likely N-dealkylation sites (tertiary alicyclic amines) is 1. The number of anilines is 3. The van der Waals surface area contributed by atoms with E-state index in [0.717, 1.165) is 29.2 Å². The Kier molecular flexibility index (Phi) is 11.1. The predicted octanol–water partition coefficient (Wildman–Crippen LogP) is 4.89. The van der Waals surface area contributed by atoms with Crippen molar-refractivity contribution in [3.8, 4) is 10.4 Å². The van der Waals surface area contributed by atoms with Crippen LogP contribution >= 0.6 is 23.1 Å². The van der Waals surface area contributed by atoms with Crippen LogP contribution < -0.4 is 16.4 Å². The highest BCUT2D eigenvalue weighted by Crippen LogP contribution is 2.31. The number of rotatable bonds is 9. The van der Waals surface area contributed by atoms with Crippen molar-refractivity contribution in [2.45, 2.75) is 37.1 Å². The highest BCUT2D eigenvalue weighted by molar-refractivity contribution is 7.98. The fourth-order valence-corrected chi connectivity index (χ4v) is 4.76. The first-order valence-electron chi connectivity index (χ1n) is 11.7. The lowest BCUT2D eigenvalue weighted by molar-refractivity contribution is 0.235. The van der Waals surface area contributed by atoms with Gasteiger partial charge in [0.25, 0.3) is 0 Å². The van der Waals surface area contributed by atoms with Gasteiger partial charge in [-0.05, 0) is 74.8 Å². The summed E-state index contributed by atoms with van der Waals surface area (Å²) in [5, 5.41) is 17.9. The number of thioether (sulfide) groups is 1. The van der Waals surface area contributed by atoms with Gasteiger partial charge < -0.3 is 26.4 Å². The van der Waals surface area contributed by atoms with E-state index in [4.69, 9.17) is 5.73 Å². The van der Waals surface area contributed by atoms with Gasteiger partial charge in [0.15, 0.2) is 0 Å². The fraction of sp³-hybridized carbons (Fsp3) is 0.440. The highest BCUT2D eigenvalue weighted by atomic mass is 32.2. The lowest BCUT2D eigenvalue weighted by Gasteiger charge is -2.25. The largest absolute Gasteiger partial charge is 0.394 e. The number of piperidine rings is 1. The number of benzene rings is 1. The second kappa shape index (κ2) is 14.3. The molecule has 9 heteroatoms. The van der Waals surface area contributed by atoms with Gasteiger partial charge in [0.1, 0.15) is 5.82 Å². The third kappa shape index (κ3) is 8.25. The van der Waals surface area contributed by atoms with E-state index in [9.17, 15) is 5.11 Å². The van der Waals surface area contributed by atoms with E-state index in [1.165, 1.54) is 37.2 Å². The molecule has 7 nitrogen and oxygen atoms in total. The van der Waals surface area contributed by atoms with Crippen LogP contribution in [-0.4, -0.2) is 65.1 Å². The minimum atomic E-state index is -0.0951. The summed E-state index contributed by atoms with van der Waals surface area (Å²) in [6.45, 7) is 6.41. The number of aromatic nitrogens is 2. The van der Waals surface area contributed by atoms with Crippen LogP contribution in [0.5, 0.6) is 0 Å². The summed E-state index contributed by atoms with van der Waals surface area (Å²) in [4.78, 5) is 13.8. The van der Waals surface area contributed by atoms with Crippen LogP contribution in [0.1, 0.15) is 26.2 Å². The molecule has 34 heavy (non-hydrogen) atoms. The molecule has 5 N–H and O–H groups in total. The molecule has 0 aliphatic carbocycles. The molecular formula is C25H36N6OS2. The fourth-order valence-electron chi connectivity index (χ4n) is 3.61. The molecule has 1 atom stereocenters. The number of nitrogens with zero attached hydrogens (tertiary/aromatic N) is 3. The zero-order valence-corrected chi connectivity index (χ0v) is 21.7. The molecular weight excluding hydrogens is 464 g/mol. The maximum atomic E-state index is 9.35. The summed E-state index contributed by atoms with van der Waals surface area (Å²) in [6.07, 6.45) is 8.03. The Morgan fingerprint density at radius 1 is 1.18 bits per heavy atom. The monoisotopic (exact) mass is 500 g/mol. The van der Waals surface area contributed by atoms with Crippen molar-refractivity contribution < 1.29 is 5.11 Å². The summed E-state index contributed by atoms with van der Waals surface area (Å²) >= 11 is 3.34. The Morgan fingerprint density at radius 3 is 2.56 bits per heavy atom. The molecule has 3 aromatic rings. The van der Waals surface area contributed by atoms with E-state index in [0.29, 0.717) is 11.8 Å². The Bertz CT molecular complexity index is 959. The van der Waals surface area contributed by atoms with Crippen LogP contribution in [0.25, 0.3) is 10.4 Å². The summed E-state index contributed by atoms with van der Waals surface area (Å²) in [6, 6.07) is 12.1. The van der Waals surface area contributed by atoms with Gasteiger partial charge in [0.05, 0.1) is 12.2 Å². The van der Waals surface area contributed by atoms with Gasteiger partial charge in [0.2, 0.25) is 5.95 Å². The molecule has 0 unspecified atom stereocenters. The Hall–Kier alpha value is -2.17. The standard InChI is InChI=1S/C18H20N4OS2.C7H16N2/c1-12(11-23)20-17-15(16-4-3-9-25-16)10-19-18(22-17)21-13-5-7-14(24-2)8-6-13;8-4-7-9-5-2-1-3-6-9/h3-10,12,23H,11H2,1-2H3,(H2,19,20,21,22);1-8H2/t12-;/m1./s1. The molecule has 0 saturated carbocycles. The smallest absolute Gasteiger partial charge is 0.229 e. The molecule has 2 aromatic heterocycles. The van der Waals surface area contributed by atoms with E-state index in [1.54, 1.807) is 23.1 Å². The number of hydrogen-bond acceptors (Lipinski definition) is 9. The molecule has 3 heterocycles. The zero-order valence-electron chi connectivity index (χ0n) is 20.0. The SMILES string of the molecule is CSc1ccc(Nc2ncc(-c3cccs3)c(N[C@H](C)CO)n2)cc1.NCCN1CCCCC1. The van der Waals surface area contributed by atoms with Crippen LogP contribution in [0.4, 0.5) is 17.5 Å². The lowest BCUT2D eigenvalue weighted by Crippen LogP contribution is -2.33. The van der Waals surface area contributed by atoms with Crippen LogP contribution in [0.15, 0.2) is 52.9 Å². The summed E-state index contributed by atoms with van der Waals surface area (Å²) < 4.78 is 0. The van der Waals surface area contributed by atoms with Crippen LogP contribution in [0.2, 0.25) is 0 Å². The van der Waals surface area contributed by atoms with Crippen molar-refractivity contribution >= 4 is 40.6 Å². The summed E-state index contributed by atoms with van der Waals surface area (Å²) in [5.74, 6) is 1.23. The van der Waals surface area contributed by atoms with Gasteiger partial charge >= 0.3 is 0 Å². The van der Waals surface area contributed by atoms with Crippen molar-refractivity contribution in [3.05, 3.63) is 48.0 Å². The van der Waals surface area contributed by atoms with E-state index < -0.39 is 0 Å². The Labute approximate surface area is 211 Å². The van der Waals surface area contributed by atoms with Crippen molar-refractivity contribution in [3.63, 3.8) is 0 Å². The zero-order chi connectivity index (χ0) is 24.2. The van der Waals surface area contributed by atoms with Crippen molar-refractivity contribution in [2.24, 2.45) is 5.73 Å². The number of hydrogen-bond donors (Lipinski definition) is 4. The molecule has 1 aliphatic heterocycles. The lowest BCUT2D eigenvalue weighted by atomic mass is 10.1. The molecule has 0 amide bonds. The predicted molar refractivity (Wildman–Crippen MR) is 146 cm³/mol. The van der Waals surface area contributed by atoms with E-state index in [2.05, 4.69) is 43.9 Å². The van der Waals surface area contributed by atoms with Gasteiger partial charge in [0, 0.05) is 40.8 Å². The highest BCUT2D eigenvalue weighted by Gasteiger charge is 2.13. The number of thiophene rings is 1. The van der Waals surface area contributed by atoms with Gasteiger partial charge in [-0.15, -0.1) is 23.1 Å². The quantitative estimate of drug-likeness (QED) is 0.308. The van der Waals surface area contributed by atoms with Gasteiger partial charge in [-0.2, -0.15) is 4.98 Å². The van der Waals surface area contributed by atoms with E-state index in [-0.39, 0.29) is 12.6 Å². The first-order chi connectivity index (χ1) is 16.6. The first kappa shape index (κ1) is 26.4. The van der Waals surface area contributed by atoms with Crippen molar-refractivity contribution in [1.29, 1.82) is 0 Å². The van der Waals surface area contributed by atoms with Crippen LogP contribution in [0, 0.1) is 0 Å². The minimum Gasteiger partial charge on any atom is -0.394 e. The Morgan fingerprint density at radius 2 is 1.94 bits per heavy atom. The van der Waals surface area contributed by atoms with E-state index in [1.807, 2.05) is 42.8 Å². The average molecular weight is 501 g/mol. The number of nitrogens with one attached hydrogen (secondary N) is 2. The second-order valence-electron chi connectivity index (χ2n) is 8.21. The molecule has 1 aromatic carbocycles. The van der Waals surface area contributed by atoms with Gasteiger partial charge in [-0.1, -0.05) is 12.5 Å². The number of nitrogens with two attached hydrogens (primary N) is 1. The van der Waals surface area contributed by atoms with Gasteiger partial charge in [-0.25, -0.2) is 4.98 Å². The third-order valence-electron chi connectivity index (χ3n) is 5.47. The first-order valence-corrected chi connectivity index (χ1v) is 13.8. The molecule has 0 bridgehead atoms. The molecule has 4 rings (SSSR count). The topological polar surface area (TPSA) is 99.3 Å². The maximum Gasteiger partial charge on any atom is 0.229 e. The molecule has 184 valence electrons. The summed E-state index contributed by atoms with van der Waals surface area (Å²) in [7, 11) is 0. The third-order valence-corrected chi connectivity index (χ3v) is 7.12. The molecule has 0 radical (unpaired) electrons. The summed E-state index contributed by atoms with van der Waals surface area (Å²) in [5.41, 5.74) is 7.28. The van der Waals surface area contributed by atoms with Crippen molar-refractivity contribution in [1.82, 2.24) is 14.9 Å². The molecule has 1 aliphatic rings. The molecule has 0 spiro atoms. The van der Waals surface area contributed by atoms with Crippen LogP contribution in [0.3, 0.4) is 0 Å². The second-order valence-corrected chi connectivity index (χ2v) is 10.0. The molecule has 1 saturated heterocycles. The average Bonchev–Trinajstić information content (AvgIpc) is 3.41. The van der Waals surface area contributed by atoms with E-state index >= 15 is 0 Å². The van der Waals surface area contributed by atoms with Gasteiger partial charge in [-0.3, -0.25) is 0 Å². The van der Waals surface area contributed by atoms with Crippen molar-refractivity contribution in [2.75, 3.05) is 49.7 Å². The normalized spacial score (nSPS) is 14.7. The Balaban J connectivity index is 0.000000302. The molecule has 1 fully saturated rings. The van der Waals surface area contributed by atoms with Crippen LogP contribution in [-0.2, 0) is 0 Å². The maximum absolute atomic E-state index is 9.35. The minimum absolute atomic E-state index is 0.0345. The number of aliphatic hydroxyl groups excluding tert-OH is 1.